The van der Waals surface area contributed by atoms with Gasteiger partial charge in [0.1, 0.15) is 17.2 Å². The average Bonchev–Trinajstić information content (AvgIpc) is 3.47. The summed E-state index contributed by atoms with van der Waals surface area (Å²) in [6.45, 7) is 2.91. The summed E-state index contributed by atoms with van der Waals surface area (Å²) in [7, 11) is 3.73. The fourth-order valence-electron chi connectivity index (χ4n) is 3.67. The van der Waals surface area contributed by atoms with E-state index >= 15 is 0 Å². The van der Waals surface area contributed by atoms with Crippen LogP contribution in [0.25, 0.3) is 17.1 Å². The summed E-state index contributed by atoms with van der Waals surface area (Å²) in [5.74, 6) is 1.97. The molecule has 8 heteroatoms. The minimum Gasteiger partial charge on any atom is -0.508 e. The molecule has 0 atom stereocenters. The molecule has 0 radical (unpaired) electrons. The van der Waals surface area contributed by atoms with Gasteiger partial charge in [-0.05, 0) is 55.0 Å². The highest BCUT2D eigenvalue weighted by Crippen LogP contribution is 2.39. The van der Waals surface area contributed by atoms with Crippen LogP contribution in [0.15, 0.2) is 35.5 Å². The number of thiol groups is 1. The number of anilines is 1. The van der Waals surface area contributed by atoms with Gasteiger partial charge in [-0.3, -0.25) is 4.57 Å². The molecule has 158 valence electrons. The van der Waals surface area contributed by atoms with Gasteiger partial charge < -0.3 is 19.8 Å². The molecule has 2 N–H and O–H groups in total. The lowest BCUT2D eigenvalue weighted by molar-refractivity contribution is 0.414. The van der Waals surface area contributed by atoms with Crippen molar-refractivity contribution in [1.82, 2.24) is 14.8 Å². The Morgan fingerprint density at radius 2 is 1.93 bits per heavy atom. The number of rotatable bonds is 7. The van der Waals surface area contributed by atoms with Gasteiger partial charge in [0.25, 0.3) is 0 Å². The number of aromatic nitrogens is 3. The molecule has 1 saturated carbocycles. The van der Waals surface area contributed by atoms with Crippen LogP contribution in [0.3, 0.4) is 0 Å². The first kappa shape index (κ1) is 20.4. The van der Waals surface area contributed by atoms with Crippen LogP contribution >= 0.6 is 12.6 Å². The summed E-state index contributed by atoms with van der Waals surface area (Å²) in [5.41, 5.74) is 2.99. The number of phenolic OH excluding ortho intramolecular Hbond substituents is 2. The van der Waals surface area contributed by atoms with Crippen molar-refractivity contribution in [3.05, 3.63) is 35.9 Å². The number of hydrogen-bond acceptors (Lipinski definition) is 7. The highest BCUT2D eigenvalue weighted by Gasteiger charge is 2.25. The van der Waals surface area contributed by atoms with Crippen LogP contribution in [0.5, 0.6) is 17.2 Å². The molecular formula is C22H26N4O3S. The molecule has 0 bridgehead atoms. The van der Waals surface area contributed by atoms with E-state index in [2.05, 4.69) is 34.8 Å². The molecule has 7 nitrogen and oxygen atoms in total. The zero-order valence-electron chi connectivity index (χ0n) is 17.3. The zero-order chi connectivity index (χ0) is 21.4. The Morgan fingerprint density at radius 1 is 1.17 bits per heavy atom. The third-order valence-corrected chi connectivity index (χ3v) is 5.82. The van der Waals surface area contributed by atoms with Crippen molar-refractivity contribution in [2.45, 2.75) is 31.3 Å². The lowest BCUT2D eigenvalue weighted by atomic mass is 10.1. The molecule has 2 aromatic carbocycles. The maximum atomic E-state index is 10.5. The van der Waals surface area contributed by atoms with Crippen LogP contribution in [0.1, 0.15) is 25.3 Å². The molecule has 1 aliphatic carbocycles. The fourth-order valence-corrected chi connectivity index (χ4v) is 3.93. The summed E-state index contributed by atoms with van der Waals surface area (Å²) in [5, 5.41) is 29.3. The van der Waals surface area contributed by atoms with Crippen LogP contribution in [-0.2, 0) is 6.42 Å². The van der Waals surface area contributed by atoms with Gasteiger partial charge in [0.15, 0.2) is 11.0 Å². The van der Waals surface area contributed by atoms with E-state index in [1.807, 2.05) is 25.1 Å². The predicted octanol–water partition coefficient (Wildman–Crippen LogP) is 4.05. The van der Waals surface area contributed by atoms with Crippen LogP contribution in [0.2, 0.25) is 0 Å². The van der Waals surface area contributed by atoms with Crippen LogP contribution in [0.4, 0.5) is 5.69 Å². The first-order valence-electron chi connectivity index (χ1n) is 10.0. The minimum absolute atomic E-state index is 0.0596. The molecular weight excluding hydrogens is 400 g/mol. The Bertz CT molecular complexity index is 1080. The summed E-state index contributed by atoms with van der Waals surface area (Å²) in [6.07, 6.45) is 3.16. The second-order valence-electron chi connectivity index (χ2n) is 7.69. The molecule has 30 heavy (non-hydrogen) atoms. The first-order valence-corrected chi connectivity index (χ1v) is 10.5. The van der Waals surface area contributed by atoms with E-state index in [-0.39, 0.29) is 11.5 Å². The van der Waals surface area contributed by atoms with Crippen molar-refractivity contribution < 1.29 is 14.9 Å². The predicted molar refractivity (Wildman–Crippen MR) is 119 cm³/mol. The van der Waals surface area contributed by atoms with E-state index in [9.17, 15) is 10.2 Å². The van der Waals surface area contributed by atoms with Crippen molar-refractivity contribution in [1.29, 1.82) is 0 Å². The van der Waals surface area contributed by atoms with Gasteiger partial charge >= 0.3 is 0 Å². The average molecular weight is 427 g/mol. The smallest absolute Gasteiger partial charge is 0.193 e. The molecule has 1 aliphatic rings. The van der Waals surface area contributed by atoms with Crippen molar-refractivity contribution in [2.75, 3.05) is 25.6 Å². The summed E-state index contributed by atoms with van der Waals surface area (Å²) in [6, 6.07) is 8.93. The zero-order valence-corrected chi connectivity index (χ0v) is 18.2. The molecule has 0 aliphatic heterocycles. The molecule has 1 aromatic heterocycles. The molecule has 0 unspecified atom stereocenters. The molecule has 3 aromatic rings. The Kier molecular flexibility index (Phi) is 5.51. The number of phenols is 2. The van der Waals surface area contributed by atoms with Gasteiger partial charge in [-0.15, -0.1) is 22.8 Å². The van der Waals surface area contributed by atoms with Crippen molar-refractivity contribution in [2.24, 2.45) is 5.92 Å². The topological polar surface area (TPSA) is 83.6 Å². The van der Waals surface area contributed by atoms with Crippen molar-refractivity contribution in [3.8, 4) is 34.3 Å². The molecule has 1 fully saturated rings. The summed E-state index contributed by atoms with van der Waals surface area (Å²) in [4.78, 5) is 2.20. The Labute approximate surface area is 181 Å². The largest absolute Gasteiger partial charge is 0.508 e. The molecule has 0 spiro atoms. The summed E-state index contributed by atoms with van der Waals surface area (Å²) >= 11 is 4.50. The number of aryl methyl sites for hydroxylation is 1. The van der Waals surface area contributed by atoms with E-state index in [0.717, 1.165) is 35.2 Å². The fraction of sp³-hybridized carbons (Fsp3) is 0.364. The number of aromatic hydroxyl groups is 2. The highest BCUT2D eigenvalue weighted by atomic mass is 32.1. The lowest BCUT2D eigenvalue weighted by Gasteiger charge is -2.23. The Hall–Kier alpha value is -2.87. The standard InChI is InChI=1S/C22H26N4O3S/c1-4-14-9-16(19(28)11-18(14)27)21-23-24-22(30)26(21)15-7-8-20(29-3)17(10-15)25(2)12-13-5-6-13/h7-11,13,27-28H,4-6,12H2,1-3H3,(H,24,30). The first-order chi connectivity index (χ1) is 14.4. The van der Waals surface area contributed by atoms with Gasteiger partial charge in [0, 0.05) is 19.7 Å². The van der Waals surface area contributed by atoms with Crippen molar-refractivity contribution in [3.63, 3.8) is 0 Å². The third kappa shape index (κ3) is 3.79. The quantitative estimate of drug-likeness (QED) is 0.495. The monoisotopic (exact) mass is 426 g/mol. The Morgan fingerprint density at radius 3 is 2.60 bits per heavy atom. The van der Waals surface area contributed by atoms with E-state index < -0.39 is 0 Å². The maximum absolute atomic E-state index is 10.5. The number of ether oxygens (including phenoxy) is 1. The van der Waals surface area contributed by atoms with E-state index in [4.69, 9.17) is 4.74 Å². The van der Waals surface area contributed by atoms with Gasteiger partial charge in [-0.2, -0.15) is 0 Å². The minimum atomic E-state index is -0.0636. The van der Waals surface area contributed by atoms with Crippen LogP contribution in [0, 0.1) is 5.92 Å². The highest BCUT2D eigenvalue weighted by molar-refractivity contribution is 7.80. The second kappa shape index (κ2) is 8.10. The van der Waals surface area contributed by atoms with Gasteiger partial charge in [0.2, 0.25) is 0 Å². The van der Waals surface area contributed by atoms with Gasteiger partial charge in [0.05, 0.1) is 24.0 Å². The molecule has 0 amide bonds. The third-order valence-electron chi connectivity index (χ3n) is 5.53. The molecule has 4 rings (SSSR count). The molecule has 1 heterocycles. The maximum Gasteiger partial charge on any atom is 0.193 e. The van der Waals surface area contributed by atoms with E-state index in [0.29, 0.717) is 23.0 Å². The summed E-state index contributed by atoms with van der Waals surface area (Å²) < 4.78 is 7.36. The number of hydrogen-bond donors (Lipinski definition) is 3. The number of benzene rings is 2. The van der Waals surface area contributed by atoms with E-state index in [1.165, 1.54) is 18.9 Å². The van der Waals surface area contributed by atoms with Crippen LogP contribution < -0.4 is 9.64 Å². The van der Waals surface area contributed by atoms with Gasteiger partial charge in [-0.25, -0.2) is 0 Å². The SMILES string of the molecule is CCc1cc(-c2nnc(S)n2-c2ccc(OC)c(N(C)CC3CC3)c2)c(O)cc1O. The van der Waals surface area contributed by atoms with E-state index in [1.54, 1.807) is 17.7 Å². The Balaban J connectivity index is 1.82. The lowest BCUT2D eigenvalue weighted by Crippen LogP contribution is -2.20. The van der Waals surface area contributed by atoms with Crippen molar-refractivity contribution >= 4 is 18.3 Å². The normalized spacial score (nSPS) is 13.5. The van der Waals surface area contributed by atoms with Gasteiger partial charge in [-0.1, -0.05) is 6.92 Å². The molecule has 0 saturated heterocycles. The second-order valence-corrected chi connectivity index (χ2v) is 8.09. The van der Waals surface area contributed by atoms with Crippen LogP contribution in [-0.4, -0.2) is 45.7 Å². The number of methoxy groups -OCH3 is 1. The number of nitrogens with zero attached hydrogens (tertiary/aromatic N) is 4.